The topological polar surface area (TPSA) is 95.7 Å². The van der Waals surface area contributed by atoms with Gasteiger partial charge in [-0.15, -0.1) is 10.2 Å². The van der Waals surface area contributed by atoms with Crippen LogP contribution in [0.3, 0.4) is 0 Å². The molecule has 2 aromatic carbocycles. The SMILES string of the molecule is CCc1nnc(-c2ccc(NC(=O)c3cc(OC)c4c(c3)OCCO4)cc2)o1. The number of nitrogens with zero attached hydrogens (tertiary/aromatic N) is 2. The van der Waals surface area contributed by atoms with Crippen molar-refractivity contribution in [1.29, 1.82) is 0 Å². The normalized spacial score (nSPS) is 12.5. The van der Waals surface area contributed by atoms with Crippen LogP contribution in [-0.4, -0.2) is 36.4 Å². The van der Waals surface area contributed by atoms with Crippen molar-refractivity contribution in [2.75, 3.05) is 25.6 Å². The summed E-state index contributed by atoms with van der Waals surface area (Å²) < 4.78 is 22.0. The predicted molar refractivity (Wildman–Crippen MR) is 101 cm³/mol. The lowest BCUT2D eigenvalue weighted by atomic mass is 10.1. The number of anilines is 1. The van der Waals surface area contributed by atoms with E-state index < -0.39 is 0 Å². The van der Waals surface area contributed by atoms with Gasteiger partial charge in [0.25, 0.3) is 5.91 Å². The summed E-state index contributed by atoms with van der Waals surface area (Å²) in [6.07, 6.45) is 0.681. The summed E-state index contributed by atoms with van der Waals surface area (Å²) in [5.74, 6) is 2.22. The number of hydrogen-bond donors (Lipinski definition) is 1. The van der Waals surface area contributed by atoms with Crippen LogP contribution in [0, 0.1) is 0 Å². The second-order valence-corrected chi connectivity index (χ2v) is 6.09. The Kier molecular flexibility index (Phi) is 4.84. The van der Waals surface area contributed by atoms with Gasteiger partial charge >= 0.3 is 0 Å². The summed E-state index contributed by atoms with van der Waals surface area (Å²) in [4.78, 5) is 12.7. The number of rotatable bonds is 5. The first-order valence-corrected chi connectivity index (χ1v) is 8.89. The van der Waals surface area contributed by atoms with Crippen LogP contribution in [0.5, 0.6) is 17.2 Å². The molecule has 0 aliphatic carbocycles. The van der Waals surface area contributed by atoms with Gasteiger partial charge in [-0.05, 0) is 36.4 Å². The van der Waals surface area contributed by atoms with Gasteiger partial charge in [-0.1, -0.05) is 6.92 Å². The van der Waals surface area contributed by atoms with Crippen molar-refractivity contribution in [2.24, 2.45) is 0 Å². The number of amides is 1. The van der Waals surface area contributed by atoms with E-state index in [1.807, 2.05) is 19.1 Å². The van der Waals surface area contributed by atoms with Gasteiger partial charge in [-0.2, -0.15) is 0 Å². The fourth-order valence-electron chi connectivity index (χ4n) is 2.82. The monoisotopic (exact) mass is 381 g/mol. The van der Waals surface area contributed by atoms with Gasteiger partial charge in [0, 0.05) is 23.2 Å². The van der Waals surface area contributed by atoms with Crippen molar-refractivity contribution >= 4 is 11.6 Å². The zero-order valence-corrected chi connectivity index (χ0v) is 15.5. The second kappa shape index (κ2) is 7.59. The Labute approximate surface area is 161 Å². The van der Waals surface area contributed by atoms with Crippen molar-refractivity contribution in [3.63, 3.8) is 0 Å². The van der Waals surface area contributed by atoms with E-state index in [4.69, 9.17) is 18.6 Å². The number of fused-ring (bicyclic) bond motifs is 1. The molecule has 0 saturated carbocycles. The van der Waals surface area contributed by atoms with Gasteiger partial charge in [0.1, 0.15) is 13.2 Å². The zero-order valence-electron chi connectivity index (χ0n) is 15.5. The maximum absolute atomic E-state index is 12.7. The third-order valence-corrected chi connectivity index (χ3v) is 4.25. The Hall–Kier alpha value is -3.55. The predicted octanol–water partition coefficient (Wildman–Crippen LogP) is 3.33. The summed E-state index contributed by atoms with van der Waals surface area (Å²) in [6, 6.07) is 10.4. The molecule has 0 unspecified atom stereocenters. The molecule has 1 aliphatic rings. The van der Waals surface area contributed by atoms with Crippen molar-refractivity contribution < 1.29 is 23.4 Å². The van der Waals surface area contributed by atoms with Gasteiger partial charge in [0.2, 0.25) is 17.5 Å². The highest BCUT2D eigenvalue weighted by Gasteiger charge is 2.21. The van der Waals surface area contributed by atoms with Gasteiger partial charge < -0.3 is 23.9 Å². The molecule has 28 heavy (non-hydrogen) atoms. The Morgan fingerprint density at radius 2 is 1.93 bits per heavy atom. The van der Waals surface area contributed by atoms with E-state index in [-0.39, 0.29) is 5.91 Å². The lowest BCUT2D eigenvalue weighted by Gasteiger charge is -2.21. The van der Waals surface area contributed by atoms with Gasteiger partial charge in [0.15, 0.2) is 11.5 Å². The highest BCUT2D eigenvalue weighted by molar-refractivity contribution is 6.05. The zero-order chi connectivity index (χ0) is 19.5. The summed E-state index contributed by atoms with van der Waals surface area (Å²) in [5, 5.41) is 10.8. The summed E-state index contributed by atoms with van der Waals surface area (Å²) in [7, 11) is 1.52. The molecule has 144 valence electrons. The average Bonchev–Trinajstić information content (AvgIpc) is 3.22. The molecular weight excluding hydrogens is 362 g/mol. The van der Waals surface area contributed by atoms with E-state index in [1.165, 1.54) is 7.11 Å². The minimum Gasteiger partial charge on any atom is -0.493 e. The lowest BCUT2D eigenvalue weighted by molar-refractivity contribution is 0.102. The second-order valence-electron chi connectivity index (χ2n) is 6.09. The summed E-state index contributed by atoms with van der Waals surface area (Å²) >= 11 is 0. The smallest absolute Gasteiger partial charge is 0.255 e. The molecule has 1 aromatic heterocycles. The number of carbonyl (C=O) groups excluding carboxylic acids is 1. The maximum Gasteiger partial charge on any atom is 0.255 e. The van der Waals surface area contributed by atoms with E-state index in [9.17, 15) is 4.79 Å². The van der Waals surface area contributed by atoms with Crippen molar-refractivity contribution in [3.05, 3.63) is 47.9 Å². The molecule has 1 amide bonds. The van der Waals surface area contributed by atoms with Crippen LogP contribution in [0.25, 0.3) is 11.5 Å². The Balaban J connectivity index is 1.52. The molecule has 1 N–H and O–H groups in total. The minimum atomic E-state index is -0.283. The number of aromatic nitrogens is 2. The summed E-state index contributed by atoms with van der Waals surface area (Å²) in [6.45, 7) is 2.82. The van der Waals surface area contributed by atoms with Gasteiger partial charge in [-0.3, -0.25) is 4.79 Å². The van der Waals surface area contributed by atoms with Crippen LogP contribution in [0.15, 0.2) is 40.8 Å². The number of nitrogens with one attached hydrogen (secondary N) is 1. The van der Waals surface area contributed by atoms with Crippen LogP contribution in [-0.2, 0) is 6.42 Å². The Morgan fingerprint density at radius 1 is 1.14 bits per heavy atom. The largest absolute Gasteiger partial charge is 0.493 e. The number of aryl methyl sites for hydroxylation is 1. The molecule has 0 atom stereocenters. The maximum atomic E-state index is 12.7. The van der Waals surface area contributed by atoms with E-state index in [0.717, 1.165) is 5.56 Å². The molecule has 0 radical (unpaired) electrons. The Bertz CT molecular complexity index is 980. The van der Waals surface area contributed by atoms with E-state index in [2.05, 4.69) is 15.5 Å². The fraction of sp³-hybridized carbons (Fsp3) is 0.250. The lowest BCUT2D eigenvalue weighted by Crippen LogP contribution is -2.18. The molecule has 3 aromatic rings. The third kappa shape index (κ3) is 3.48. The van der Waals surface area contributed by atoms with Crippen molar-refractivity contribution in [2.45, 2.75) is 13.3 Å². The molecule has 8 heteroatoms. The van der Waals surface area contributed by atoms with Crippen molar-refractivity contribution in [3.8, 4) is 28.7 Å². The third-order valence-electron chi connectivity index (χ3n) is 4.25. The molecule has 1 aliphatic heterocycles. The molecule has 0 spiro atoms. The van der Waals surface area contributed by atoms with Gasteiger partial charge in [-0.25, -0.2) is 0 Å². The number of benzene rings is 2. The summed E-state index contributed by atoms with van der Waals surface area (Å²) in [5.41, 5.74) is 1.83. The molecular formula is C20H19N3O5. The van der Waals surface area contributed by atoms with E-state index in [0.29, 0.717) is 59.9 Å². The average molecular weight is 381 g/mol. The van der Waals surface area contributed by atoms with Gasteiger partial charge in [0.05, 0.1) is 7.11 Å². The first-order valence-electron chi connectivity index (χ1n) is 8.89. The standard InChI is InChI=1S/C20H19N3O5/c1-3-17-22-23-20(28-17)12-4-6-14(7-5-12)21-19(24)13-10-15(25-2)18-16(11-13)26-8-9-27-18/h4-7,10-11H,3,8-9H2,1-2H3,(H,21,24). The van der Waals surface area contributed by atoms with Crippen LogP contribution < -0.4 is 19.5 Å². The number of methoxy groups -OCH3 is 1. The Morgan fingerprint density at radius 3 is 2.64 bits per heavy atom. The molecule has 0 fully saturated rings. The van der Waals surface area contributed by atoms with Crippen LogP contribution in [0.2, 0.25) is 0 Å². The number of ether oxygens (including phenoxy) is 3. The first kappa shape index (κ1) is 17.8. The minimum absolute atomic E-state index is 0.283. The molecule has 4 rings (SSSR count). The van der Waals surface area contributed by atoms with Crippen LogP contribution >= 0.6 is 0 Å². The van der Waals surface area contributed by atoms with E-state index in [1.54, 1.807) is 24.3 Å². The van der Waals surface area contributed by atoms with Crippen molar-refractivity contribution in [1.82, 2.24) is 10.2 Å². The quantitative estimate of drug-likeness (QED) is 0.724. The molecule has 2 heterocycles. The fourth-order valence-corrected chi connectivity index (χ4v) is 2.82. The highest BCUT2D eigenvalue weighted by Crippen LogP contribution is 2.40. The molecule has 8 nitrogen and oxygen atoms in total. The number of carbonyl (C=O) groups is 1. The molecule has 0 saturated heterocycles. The first-order chi connectivity index (χ1) is 13.7. The van der Waals surface area contributed by atoms with Crippen LogP contribution in [0.1, 0.15) is 23.2 Å². The van der Waals surface area contributed by atoms with E-state index >= 15 is 0 Å². The van der Waals surface area contributed by atoms with Crippen LogP contribution in [0.4, 0.5) is 5.69 Å². The molecule has 0 bridgehead atoms. The highest BCUT2D eigenvalue weighted by atomic mass is 16.6. The number of hydrogen-bond acceptors (Lipinski definition) is 7.